The van der Waals surface area contributed by atoms with Gasteiger partial charge in [0.05, 0.1) is 0 Å². The van der Waals surface area contributed by atoms with Gasteiger partial charge in [0.1, 0.15) is 17.4 Å². The van der Waals surface area contributed by atoms with Gasteiger partial charge in [-0.3, -0.25) is 0 Å². The molecule has 1 atom stereocenters. The standard InChI is InChI=1S/C16H16O2S/c1-9-4-5-13-12(6-9)8-14(18-13)16(17)15-7-10(2)11(3)19-15/h4-8,16-17H,1-3H3. The highest BCUT2D eigenvalue weighted by Gasteiger charge is 2.18. The predicted octanol–water partition coefficient (Wildman–Crippen LogP) is 4.50. The molecule has 0 saturated carbocycles. The molecule has 0 aliphatic carbocycles. The highest BCUT2D eigenvalue weighted by Crippen LogP contribution is 2.33. The van der Waals surface area contributed by atoms with E-state index in [0.29, 0.717) is 5.76 Å². The van der Waals surface area contributed by atoms with E-state index < -0.39 is 6.10 Å². The molecule has 1 aromatic carbocycles. The van der Waals surface area contributed by atoms with Gasteiger partial charge in [-0.25, -0.2) is 0 Å². The molecular formula is C16H16O2S. The fourth-order valence-electron chi connectivity index (χ4n) is 2.19. The first-order chi connectivity index (χ1) is 9.04. The first kappa shape index (κ1) is 12.5. The maximum absolute atomic E-state index is 10.4. The second kappa shape index (κ2) is 4.51. The van der Waals surface area contributed by atoms with Crippen molar-refractivity contribution in [3.05, 3.63) is 57.0 Å². The normalized spacial score (nSPS) is 13.1. The fourth-order valence-corrected chi connectivity index (χ4v) is 3.23. The quantitative estimate of drug-likeness (QED) is 0.745. The number of aliphatic hydroxyl groups is 1. The predicted molar refractivity (Wildman–Crippen MR) is 78.8 cm³/mol. The fraction of sp³-hybridized carbons (Fsp3) is 0.250. The molecule has 98 valence electrons. The zero-order chi connectivity index (χ0) is 13.6. The molecule has 0 amide bonds. The van der Waals surface area contributed by atoms with Gasteiger partial charge in [0.2, 0.25) is 0 Å². The Bertz CT molecular complexity index is 717. The largest absolute Gasteiger partial charge is 0.458 e. The second-order valence-electron chi connectivity index (χ2n) is 4.98. The summed E-state index contributed by atoms with van der Waals surface area (Å²) in [7, 11) is 0. The molecule has 0 radical (unpaired) electrons. The summed E-state index contributed by atoms with van der Waals surface area (Å²) < 4.78 is 5.75. The van der Waals surface area contributed by atoms with Gasteiger partial charge in [-0.15, -0.1) is 11.3 Å². The third-order valence-electron chi connectivity index (χ3n) is 3.41. The van der Waals surface area contributed by atoms with Crippen molar-refractivity contribution in [3.63, 3.8) is 0 Å². The van der Waals surface area contributed by atoms with Crippen LogP contribution in [0.25, 0.3) is 11.0 Å². The Morgan fingerprint density at radius 2 is 1.89 bits per heavy atom. The van der Waals surface area contributed by atoms with E-state index in [1.54, 1.807) is 11.3 Å². The highest BCUT2D eigenvalue weighted by atomic mass is 32.1. The number of aryl methyl sites for hydroxylation is 3. The minimum absolute atomic E-state index is 0.613. The lowest BCUT2D eigenvalue weighted by Crippen LogP contribution is -1.94. The van der Waals surface area contributed by atoms with Crippen molar-refractivity contribution in [1.82, 2.24) is 0 Å². The van der Waals surface area contributed by atoms with Crippen molar-refractivity contribution >= 4 is 22.3 Å². The van der Waals surface area contributed by atoms with Crippen LogP contribution < -0.4 is 0 Å². The zero-order valence-electron chi connectivity index (χ0n) is 11.2. The van der Waals surface area contributed by atoms with Gasteiger partial charge < -0.3 is 9.52 Å². The maximum atomic E-state index is 10.4. The van der Waals surface area contributed by atoms with Gasteiger partial charge >= 0.3 is 0 Å². The van der Waals surface area contributed by atoms with E-state index in [1.807, 2.05) is 24.3 Å². The smallest absolute Gasteiger partial charge is 0.146 e. The molecule has 0 aliphatic heterocycles. The second-order valence-corrected chi connectivity index (χ2v) is 6.27. The van der Waals surface area contributed by atoms with Gasteiger partial charge in [0.15, 0.2) is 0 Å². The Morgan fingerprint density at radius 1 is 1.11 bits per heavy atom. The maximum Gasteiger partial charge on any atom is 0.146 e. The molecule has 0 fully saturated rings. The Kier molecular flexibility index (Phi) is 2.96. The average molecular weight is 272 g/mol. The first-order valence-electron chi connectivity index (χ1n) is 6.29. The van der Waals surface area contributed by atoms with Crippen LogP contribution in [0.5, 0.6) is 0 Å². The summed E-state index contributed by atoms with van der Waals surface area (Å²) in [4.78, 5) is 2.17. The number of thiophene rings is 1. The van der Waals surface area contributed by atoms with Crippen molar-refractivity contribution in [1.29, 1.82) is 0 Å². The van der Waals surface area contributed by atoms with Crippen LogP contribution in [0.2, 0.25) is 0 Å². The number of benzene rings is 1. The lowest BCUT2D eigenvalue weighted by molar-refractivity contribution is 0.196. The third-order valence-corrected chi connectivity index (χ3v) is 4.62. The molecule has 2 aromatic heterocycles. The number of hydrogen-bond acceptors (Lipinski definition) is 3. The molecule has 1 unspecified atom stereocenters. The summed E-state index contributed by atoms with van der Waals surface area (Å²) in [6.45, 7) is 6.18. The molecular weight excluding hydrogens is 256 g/mol. The molecule has 0 bridgehead atoms. The number of aliphatic hydroxyl groups excluding tert-OH is 1. The van der Waals surface area contributed by atoms with Crippen LogP contribution in [0.4, 0.5) is 0 Å². The van der Waals surface area contributed by atoms with Crippen LogP contribution in [-0.4, -0.2) is 5.11 Å². The molecule has 2 heterocycles. The third kappa shape index (κ3) is 2.20. The molecule has 1 N–H and O–H groups in total. The van der Waals surface area contributed by atoms with Gasteiger partial charge in [0.25, 0.3) is 0 Å². The van der Waals surface area contributed by atoms with Crippen molar-refractivity contribution in [2.24, 2.45) is 0 Å². The van der Waals surface area contributed by atoms with E-state index in [2.05, 4.69) is 26.8 Å². The molecule has 3 aromatic rings. The van der Waals surface area contributed by atoms with Crippen LogP contribution in [0.15, 0.2) is 34.7 Å². The molecule has 3 rings (SSSR count). The van der Waals surface area contributed by atoms with E-state index in [0.717, 1.165) is 15.8 Å². The molecule has 0 spiro atoms. The molecule has 0 saturated heterocycles. The summed E-state index contributed by atoms with van der Waals surface area (Å²) in [6.07, 6.45) is -0.676. The van der Waals surface area contributed by atoms with Gasteiger partial charge in [-0.05, 0) is 50.6 Å². The van der Waals surface area contributed by atoms with Crippen LogP contribution >= 0.6 is 11.3 Å². The van der Waals surface area contributed by atoms with Gasteiger partial charge in [0, 0.05) is 15.1 Å². The molecule has 0 aliphatic rings. The van der Waals surface area contributed by atoms with E-state index in [1.165, 1.54) is 16.0 Å². The topological polar surface area (TPSA) is 33.4 Å². The molecule has 2 nitrogen and oxygen atoms in total. The summed E-state index contributed by atoms with van der Waals surface area (Å²) in [5, 5.41) is 11.5. The summed E-state index contributed by atoms with van der Waals surface area (Å²) >= 11 is 1.62. The summed E-state index contributed by atoms with van der Waals surface area (Å²) in [5.74, 6) is 0.613. The minimum Gasteiger partial charge on any atom is -0.458 e. The van der Waals surface area contributed by atoms with Gasteiger partial charge in [-0.2, -0.15) is 0 Å². The monoisotopic (exact) mass is 272 g/mol. The van der Waals surface area contributed by atoms with Crippen molar-refractivity contribution in [2.75, 3.05) is 0 Å². The van der Waals surface area contributed by atoms with Crippen LogP contribution in [0.1, 0.15) is 32.7 Å². The first-order valence-corrected chi connectivity index (χ1v) is 7.11. The molecule has 3 heteroatoms. The summed E-state index contributed by atoms with van der Waals surface area (Å²) in [5.41, 5.74) is 3.23. The lowest BCUT2D eigenvalue weighted by Gasteiger charge is -2.03. The minimum atomic E-state index is -0.676. The lowest BCUT2D eigenvalue weighted by atomic mass is 10.1. The van der Waals surface area contributed by atoms with E-state index >= 15 is 0 Å². The zero-order valence-corrected chi connectivity index (χ0v) is 12.0. The Hall–Kier alpha value is -1.58. The van der Waals surface area contributed by atoms with Crippen molar-refractivity contribution in [2.45, 2.75) is 26.9 Å². The van der Waals surface area contributed by atoms with Gasteiger partial charge in [-0.1, -0.05) is 11.6 Å². The Balaban J connectivity index is 2.03. The Morgan fingerprint density at radius 3 is 2.58 bits per heavy atom. The molecule has 19 heavy (non-hydrogen) atoms. The van der Waals surface area contributed by atoms with E-state index in [9.17, 15) is 5.11 Å². The van der Waals surface area contributed by atoms with Crippen molar-refractivity contribution in [3.8, 4) is 0 Å². The highest BCUT2D eigenvalue weighted by molar-refractivity contribution is 7.12. The van der Waals surface area contributed by atoms with E-state index in [-0.39, 0.29) is 0 Å². The number of fused-ring (bicyclic) bond motifs is 1. The average Bonchev–Trinajstić information content (AvgIpc) is 2.92. The van der Waals surface area contributed by atoms with Crippen LogP contribution in [-0.2, 0) is 0 Å². The summed E-state index contributed by atoms with van der Waals surface area (Å²) in [6, 6.07) is 9.99. The van der Waals surface area contributed by atoms with Crippen LogP contribution in [0, 0.1) is 20.8 Å². The SMILES string of the molecule is Cc1ccc2oc(C(O)c3cc(C)c(C)s3)cc2c1. The Labute approximate surface area is 116 Å². The van der Waals surface area contributed by atoms with Crippen molar-refractivity contribution < 1.29 is 9.52 Å². The van der Waals surface area contributed by atoms with Crippen LogP contribution in [0.3, 0.4) is 0 Å². The number of furan rings is 1. The number of rotatable bonds is 2. The number of hydrogen-bond donors (Lipinski definition) is 1. The van der Waals surface area contributed by atoms with E-state index in [4.69, 9.17) is 4.42 Å².